The second-order valence-corrected chi connectivity index (χ2v) is 5.15. The predicted molar refractivity (Wildman–Crippen MR) is 78.0 cm³/mol. The van der Waals surface area contributed by atoms with E-state index in [2.05, 4.69) is 52.5 Å². The molecule has 1 aliphatic heterocycles. The third kappa shape index (κ3) is 2.76. The van der Waals surface area contributed by atoms with Crippen LogP contribution >= 0.6 is 0 Å². The van der Waals surface area contributed by atoms with Crippen LogP contribution in [0.1, 0.15) is 18.1 Å². The zero-order valence-electron chi connectivity index (χ0n) is 11.2. The number of rotatable bonds is 2. The Morgan fingerprint density at radius 3 is 3.00 bits per heavy atom. The number of fused-ring (bicyclic) bond motifs is 1. The molecule has 0 fully saturated rings. The van der Waals surface area contributed by atoms with Gasteiger partial charge in [-0.3, -0.25) is 4.98 Å². The van der Waals surface area contributed by atoms with Gasteiger partial charge in [0.05, 0.1) is 0 Å². The van der Waals surface area contributed by atoms with Crippen molar-refractivity contribution in [1.82, 2.24) is 10.3 Å². The van der Waals surface area contributed by atoms with Gasteiger partial charge in [0.25, 0.3) is 0 Å². The van der Waals surface area contributed by atoms with Crippen LogP contribution in [0.5, 0.6) is 0 Å². The standard InChI is InChI=1S/C16H19N3/c1-13-11-19(12-14-5-4-8-17-9-14)16-7-3-2-6-15(16)10-18-13/h2-9,13,18H,10-12H2,1H3. The Morgan fingerprint density at radius 1 is 1.26 bits per heavy atom. The molecule has 0 spiro atoms. The predicted octanol–water partition coefficient (Wildman–Crippen LogP) is 2.58. The topological polar surface area (TPSA) is 28.2 Å². The molecule has 3 rings (SSSR count). The van der Waals surface area contributed by atoms with Gasteiger partial charge in [0, 0.05) is 43.8 Å². The van der Waals surface area contributed by atoms with Crippen molar-refractivity contribution < 1.29 is 0 Å². The molecule has 0 bridgehead atoms. The molecular weight excluding hydrogens is 234 g/mol. The molecule has 0 saturated heterocycles. The first kappa shape index (κ1) is 12.2. The molecule has 1 unspecified atom stereocenters. The maximum absolute atomic E-state index is 4.21. The van der Waals surface area contributed by atoms with Crippen LogP contribution in [-0.2, 0) is 13.1 Å². The molecule has 0 radical (unpaired) electrons. The number of hydrogen-bond acceptors (Lipinski definition) is 3. The Balaban J connectivity index is 1.90. The van der Waals surface area contributed by atoms with Crippen LogP contribution in [0.15, 0.2) is 48.8 Å². The Hall–Kier alpha value is -1.87. The fourth-order valence-corrected chi connectivity index (χ4v) is 2.61. The van der Waals surface area contributed by atoms with Crippen LogP contribution < -0.4 is 10.2 Å². The van der Waals surface area contributed by atoms with E-state index >= 15 is 0 Å². The van der Waals surface area contributed by atoms with Crippen LogP contribution in [-0.4, -0.2) is 17.6 Å². The van der Waals surface area contributed by atoms with Gasteiger partial charge in [-0.1, -0.05) is 24.3 Å². The zero-order chi connectivity index (χ0) is 13.1. The molecule has 1 N–H and O–H groups in total. The van der Waals surface area contributed by atoms with E-state index in [0.717, 1.165) is 19.6 Å². The van der Waals surface area contributed by atoms with Crippen molar-refractivity contribution >= 4 is 5.69 Å². The van der Waals surface area contributed by atoms with Crippen molar-refractivity contribution in [3.63, 3.8) is 0 Å². The number of anilines is 1. The first-order valence-corrected chi connectivity index (χ1v) is 6.78. The Bertz CT molecular complexity index is 539. The summed E-state index contributed by atoms with van der Waals surface area (Å²) in [6.07, 6.45) is 3.77. The quantitative estimate of drug-likeness (QED) is 0.891. The van der Waals surface area contributed by atoms with Crippen molar-refractivity contribution in [3.05, 3.63) is 59.9 Å². The molecule has 1 aromatic heterocycles. The summed E-state index contributed by atoms with van der Waals surface area (Å²) < 4.78 is 0. The molecule has 19 heavy (non-hydrogen) atoms. The fourth-order valence-electron chi connectivity index (χ4n) is 2.61. The molecule has 0 amide bonds. The van der Waals surface area contributed by atoms with E-state index < -0.39 is 0 Å². The molecule has 1 atom stereocenters. The van der Waals surface area contributed by atoms with Gasteiger partial charge in [0.1, 0.15) is 0 Å². The van der Waals surface area contributed by atoms with Gasteiger partial charge < -0.3 is 10.2 Å². The van der Waals surface area contributed by atoms with Gasteiger partial charge in [-0.05, 0) is 30.2 Å². The number of para-hydroxylation sites is 1. The van der Waals surface area contributed by atoms with Gasteiger partial charge in [-0.15, -0.1) is 0 Å². The summed E-state index contributed by atoms with van der Waals surface area (Å²) >= 11 is 0. The number of hydrogen-bond donors (Lipinski definition) is 1. The summed E-state index contributed by atoms with van der Waals surface area (Å²) in [5, 5.41) is 3.56. The van der Waals surface area contributed by atoms with E-state index in [1.165, 1.54) is 16.8 Å². The Morgan fingerprint density at radius 2 is 2.16 bits per heavy atom. The molecular formula is C16H19N3. The zero-order valence-corrected chi connectivity index (χ0v) is 11.2. The number of benzene rings is 1. The molecule has 1 aromatic carbocycles. The summed E-state index contributed by atoms with van der Waals surface area (Å²) in [6, 6.07) is 13.3. The van der Waals surface area contributed by atoms with Crippen LogP contribution in [0.4, 0.5) is 5.69 Å². The SMILES string of the molecule is CC1CN(Cc2cccnc2)c2ccccc2CN1. The lowest BCUT2D eigenvalue weighted by atomic mass is 10.1. The van der Waals surface area contributed by atoms with E-state index in [9.17, 15) is 0 Å². The molecule has 3 nitrogen and oxygen atoms in total. The highest BCUT2D eigenvalue weighted by molar-refractivity contribution is 5.54. The molecule has 98 valence electrons. The first-order valence-electron chi connectivity index (χ1n) is 6.78. The van der Waals surface area contributed by atoms with E-state index in [4.69, 9.17) is 0 Å². The minimum Gasteiger partial charge on any atom is -0.365 e. The highest BCUT2D eigenvalue weighted by Crippen LogP contribution is 2.24. The van der Waals surface area contributed by atoms with Crippen molar-refractivity contribution in [3.8, 4) is 0 Å². The lowest BCUT2D eigenvalue weighted by Gasteiger charge is -2.26. The average Bonchev–Trinajstić information content (AvgIpc) is 2.60. The maximum atomic E-state index is 4.21. The summed E-state index contributed by atoms with van der Waals surface area (Å²) in [7, 11) is 0. The van der Waals surface area contributed by atoms with E-state index in [1.807, 2.05) is 18.5 Å². The average molecular weight is 253 g/mol. The summed E-state index contributed by atoms with van der Waals surface area (Å²) in [5.74, 6) is 0. The second kappa shape index (κ2) is 5.41. The highest BCUT2D eigenvalue weighted by Gasteiger charge is 2.18. The third-order valence-corrected chi connectivity index (χ3v) is 3.56. The van der Waals surface area contributed by atoms with Crippen LogP contribution in [0, 0.1) is 0 Å². The number of aromatic nitrogens is 1. The molecule has 2 aromatic rings. The van der Waals surface area contributed by atoms with Gasteiger partial charge in [0.2, 0.25) is 0 Å². The van der Waals surface area contributed by atoms with Crippen LogP contribution in [0.3, 0.4) is 0 Å². The molecule has 2 heterocycles. The second-order valence-electron chi connectivity index (χ2n) is 5.15. The van der Waals surface area contributed by atoms with E-state index in [1.54, 1.807) is 0 Å². The van der Waals surface area contributed by atoms with Crippen molar-refractivity contribution in [2.75, 3.05) is 11.4 Å². The summed E-state index contributed by atoms with van der Waals surface area (Å²) in [4.78, 5) is 6.65. The van der Waals surface area contributed by atoms with Crippen molar-refractivity contribution in [2.24, 2.45) is 0 Å². The van der Waals surface area contributed by atoms with Crippen molar-refractivity contribution in [2.45, 2.75) is 26.1 Å². The van der Waals surface area contributed by atoms with Gasteiger partial charge >= 0.3 is 0 Å². The van der Waals surface area contributed by atoms with Gasteiger partial charge in [0.15, 0.2) is 0 Å². The van der Waals surface area contributed by atoms with Gasteiger partial charge in [-0.25, -0.2) is 0 Å². The summed E-state index contributed by atoms with van der Waals surface area (Å²) in [5.41, 5.74) is 3.96. The largest absolute Gasteiger partial charge is 0.365 e. The number of nitrogens with one attached hydrogen (secondary N) is 1. The molecule has 0 aliphatic carbocycles. The summed E-state index contributed by atoms with van der Waals surface area (Å²) in [6.45, 7) is 5.12. The smallest absolute Gasteiger partial charge is 0.0445 e. The van der Waals surface area contributed by atoms with E-state index in [-0.39, 0.29) is 0 Å². The number of nitrogens with zero attached hydrogens (tertiary/aromatic N) is 2. The van der Waals surface area contributed by atoms with Crippen LogP contribution in [0.2, 0.25) is 0 Å². The van der Waals surface area contributed by atoms with E-state index in [0.29, 0.717) is 6.04 Å². The lowest BCUT2D eigenvalue weighted by molar-refractivity contribution is 0.552. The minimum absolute atomic E-state index is 0.490. The third-order valence-electron chi connectivity index (χ3n) is 3.56. The Labute approximate surface area is 114 Å². The molecule has 0 saturated carbocycles. The minimum atomic E-state index is 0.490. The fraction of sp³-hybridized carbons (Fsp3) is 0.312. The molecule has 3 heteroatoms. The number of pyridine rings is 1. The first-order chi connectivity index (χ1) is 9.33. The lowest BCUT2D eigenvalue weighted by Crippen LogP contribution is -2.35. The maximum Gasteiger partial charge on any atom is 0.0445 e. The normalized spacial score (nSPS) is 18.8. The van der Waals surface area contributed by atoms with Gasteiger partial charge in [-0.2, -0.15) is 0 Å². The molecule has 1 aliphatic rings. The Kier molecular flexibility index (Phi) is 3.47. The van der Waals surface area contributed by atoms with Crippen molar-refractivity contribution in [1.29, 1.82) is 0 Å². The highest BCUT2D eigenvalue weighted by atomic mass is 15.2. The monoisotopic (exact) mass is 253 g/mol. The van der Waals surface area contributed by atoms with Crippen LogP contribution in [0.25, 0.3) is 0 Å².